The molecule has 4 aromatic carbocycles. The molecule has 7 nitrogen and oxygen atoms in total. The van der Waals surface area contributed by atoms with Gasteiger partial charge in [0, 0.05) is 35.5 Å². The zero-order valence-corrected chi connectivity index (χ0v) is 23.5. The number of amides is 1. The number of anilines is 2. The van der Waals surface area contributed by atoms with Gasteiger partial charge in [-0.2, -0.15) is 0 Å². The Labute approximate surface area is 246 Å². The van der Waals surface area contributed by atoms with E-state index in [0.29, 0.717) is 42.1 Å². The maximum atomic E-state index is 13.1. The number of nitrogens with one attached hydrogen (secondary N) is 1. The number of carbonyl (C=O) groups is 3. The minimum absolute atomic E-state index is 0.0818. The van der Waals surface area contributed by atoms with Gasteiger partial charge in [-0.05, 0) is 61.4 Å². The fourth-order valence-electron chi connectivity index (χ4n) is 4.52. The van der Waals surface area contributed by atoms with E-state index in [9.17, 15) is 19.5 Å². The molecule has 1 amide bonds. The zero-order chi connectivity index (χ0) is 29.7. The second kappa shape index (κ2) is 15.0. The number of allylic oxidation sites excluding steroid dienone is 1. The number of hydrogen-bond acceptors (Lipinski definition) is 5. The Morgan fingerprint density at radius 3 is 2.17 bits per heavy atom. The Kier molecular flexibility index (Phi) is 10.6. The maximum Gasteiger partial charge on any atom is 0.326 e. The smallest absolute Gasteiger partial charge is 0.326 e. The monoisotopic (exact) mass is 562 g/mol. The standard InChI is InChI=1S/C35H34N2O5/c1-2-12-33(38)37(28-15-7-4-8-16-28)23-11-24-42-29-21-19-26(20-22-29)25-32(35(40)41)36-31-18-10-9-17-30(31)34(39)27-13-5-3-6-14-27/h2-10,12-22,32,36H,11,23-25H2,1H3,(H,40,41)/t32-/m0/s1. The van der Waals surface area contributed by atoms with Crippen molar-refractivity contribution in [3.05, 3.63) is 138 Å². The average Bonchev–Trinajstić information content (AvgIpc) is 3.02. The number of para-hydroxylation sites is 2. The number of benzene rings is 4. The largest absolute Gasteiger partial charge is 0.494 e. The molecule has 4 rings (SSSR count). The lowest BCUT2D eigenvalue weighted by atomic mass is 10.00. The van der Waals surface area contributed by atoms with Crippen molar-refractivity contribution >= 4 is 29.0 Å². The van der Waals surface area contributed by atoms with Crippen LogP contribution >= 0.6 is 0 Å². The maximum absolute atomic E-state index is 13.1. The number of carboxylic acids is 1. The summed E-state index contributed by atoms with van der Waals surface area (Å²) in [5, 5.41) is 13.0. The highest BCUT2D eigenvalue weighted by atomic mass is 16.5. The molecule has 42 heavy (non-hydrogen) atoms. The van der Waals surface area contributed by atoms with E-state index >= 15 is 0 Å². The average molecular weight is 563 g/mol. The molecule has 0 unspecified atom stereocenters. The molecule has 4 aromatic rings. The number of aliphatic carboxylic acids is 1. The number of hydrogen-bond donors (Lipinski definition) is 2. The van der Waals surface area contributed by atoms with Crippen molar-refractivity contribution in [3.8, 4) is 5.75 Å². The molecule has 0 aliphatic rings. The summed E-state index contributed by atoms with van der Waals surface area (Å²) < 4.78 is 5.89. The highest BCUT2D eigenvalue weighted by Gasteiger charge is 2.21. The third kappa shape index (κ3) is 8.17. The van der Waals surface area contributed by atoms with Crippen molar-refractivity contribution in [3.63, 3.8) is 0 Å². The van der Waals surface area contributed by atoms with Crippen LogP contribution in [-0.2, 0) is 16.0 Å². The van der Waals surface area contributed by atoms with Gasteiger partial charge >= 0.3 is 5.97 Å². The van der Waals surface area contributed by atoms with Crippen LogP contribution in [-0.4, -0.2) is 42.0 Å². The van der Waals surface area contributed by atoms with E-state index in [2.05, 4.69) is 5.32 Å². The Morgan fingerprint density at radius 1 is 0.857 bits per heavy atom. The molecule has 0 saturated heterocycles. The number of carboxylic acid groups (broad SMARTS) is 1. The summed E-state index contributed by atoms with van der Waals surface area (Å²) in [6.07, 6.45) is 4.12. The van der Waals surface area contributed by atoms with Crippen LogP contribution in [0.5, 0.6) is 5.75 Å². The Balaban J connectivity index is 1.34. The van der Waals surface area contributed by atoms with E-state index in [1.807, 2.05) is 55.5 Å². The molecule has 0 radical (unpaired) electrons. The fourth-order valence-corrected chi connectivity index (χ4v) is 4.52. The molecular weight excluding hydrogens is 528 g/mol. The number of ketones is 1. The minimum atomic E-state index is -1.02. The first kappa shape index (κ1) is 29.8. The molecule has 214 valence electrons. The Morgan fingerprint density at radius 2 is 1.50 bits per heavy atom. The first-order chi connectivity index (χ1) is 20.5. The predicted octanol–water partition coefficient (Wildman–Crippen LogP) is 6.40. The molecule has 0 heterocycles. The fraction of sp³-hybridized carbons (Fsp3) is 0.171. The molecule has 0 fully saturated rings. The second-order valence-electron chi connectivity index (χ2n) is 9.65. The van der Waals surface area contributed by atoms with Crippen molar-refractivity contribution < 1.29 is 24.2 Å². The summed E-state index contributed by atoms with van der Waals surface area (Å²) in [7, 11) is 0. The molecule has 1 atom stereocenters. The third-order valence-electron chi connectivity index (χ3n) is 6.64. The predicted molar refractivity (Wildman–Crippen MR) is 165 cm³/mol. The van der Waals surface area contributed by atoms with Crippen LogP contribution in [0.15, 0.2) is 121 Å². The molecule has 0 saturated carbocycles. The van der Waals surface area contributed by atoms with Gasteiger partial charge in [0.05, 0.1) is 6.61 Å². The molecular formula is C35H34N2O5. The highest BCUT2D eigenvalue weighted by Crippen LogP contribution is 2.22. The summed E-state index contributed by atoms with van der Waals surface area (Å²) in [5.74, 6) is -0.625. The van der Waals surface area contributed by atoms with E-state index in [1.165, 1.54) is 0 Å². The number of ether oxygens (including phenoxy) is 1. The molecule has 0 bridgehead atoms. The summed E-state index contributed by atoms with van der Waals surface area (Å²) in [4.78, 5) is 39.5. The minimum Gasteiger partial charge on any atom is -0.494 e. The Hall–Kier alpha value is -5.17. The van der Waals surface area contributed by atoms with Gasteiger partial charge in [0.2, 0.25) is 0 Å². The van der Waals surface area contributed by atoms with Gasteiger partial charge in [-0.25, -0.2) is 4.79 Å². The van der Waals surface area contributed by atoms with E-state index in [4.69, 9.17) is 4.74 Å². The van der Waals surface area contributed by atoms with Crippen molar-refractivity contribution in [1.29, 1.82) is 0 Å². The van der Waals surface area contributed by atoms with Gasteiger partial charge in [-0.3, -0.25) is 9.59 Å². The van der Waals surface area contributed by atoms with Crippen molar-refractivity contribution in [2.24, 2.45) is 0 Å². The van der Waals surface area contributed by atoms with Crippen LogP contribution in [0.2, 0.25) is 0 Å². The molecule has 0 aliphatic carbocycles. The van der Waals surface area contributed by atoms with Gasteiger partial charge in [-0.15, -0.1) is 0 Å². The third-order valence-corrected chi connectivity index (χ3v) is 6.64. The van der Waals surface area contributed by atoms with Crippen LogP contribution in [0.3, 0.4) is 0 Å². The molecule has 0 spiro atoms. The van der Waals surface area contributed by atoms with Gasteiger partial charge in [0.25, 0.3) is 5.91 Å². The first-order valence-corrected chi connectivity index (χ1v) is 13.9. The van der Waals surface area contributed by atoms with Crippen LogP contribution in [0, 0.1) is 0 Å². The lowest BCUT2D eigenvalue weighted by molar-refractivity contribution is -0.137. The van der Waals surface area contributed by atoms with Gasteiger partial charge in [-0.1, -0.05) is 78.9 Å². The molecule has 0 aliphatic heterocycles. The number of carbonyl (C=O) groups excluding carboxylic acids is 2. The molecule has 0 aromatic heterocycles. The van der Waals surface area contributed by atoms with Crippen molar-refractivity contribution in [1.82, 2.24) is 0 Å². The van der Waals surface area contributed by atoms with E-state index < -0.39 is 12.0 Å². The highest BCUT2D eigenvalue weighted by molar-refractivity contribution is 6.12. The van der Waals surface area contributed by atoms with Crippen LogP contribution in [0.1, 0.15) is 34.8 Å². The summed E-state index contributed by atoms with van der Waals surface area (Å²) in [6.45, 7) is 2.73. The van der Waals surface area contributed by atoms with Gasteiger partial charge < -0.3 is 20.1 Å². The molecule has 2 N–H and O–H groups in total. The normalized spacial score (nSPS) is 11.5. The van der Waals surface area contributed by atoms with Crippen LogP contribution < -0.4 is 15.0 Å². The Bertz CT molecular complexity index is 1500. The van der Waals surface area contributed by atoms with E-state index in [1.54, 1.807) is 77.7 Å². The summed E-state index contributed by atoms with van der Waals surface area (Å²) >= 11 is 0. The van der Waals surface area contributed by atoms with Gasteiger partial charge in [0.15, 0.2) is 5.78 Å². The molecule has 7 heteroatoms. The van der Waals surface area contributed by atoms with E-state index in [0.717, 1.165) is 11.3 Å². The van der Waals surface area contributed by atoms with Crippen LogP contribution in [0.4, 0.5) is 11.4 Å². The lowest BCUT2D eigenvalue weighted by Gasteiger charge is -2.21. The summed E-state index contributed by atoms with van der Waals surface area (Å²) in [5.41, 5.74) is 3.06. The van der Waals surface area contributed by atoms with Crippen LogP contribution in [0.25, 0.3) is 0 Å². The van der Waals surface area contributed by atoms with Crippen molar-refractivity contribution in [2.75, 3.05) is 23.4 Å². The first-order valence-electron chi connectivity index (χ1n) is 13.9. The van der Waals surface area contributed by atoms with Crippen molar-refractivity contribution in [2.45, 2.75) is 25.8 Å². The quantitative estimate of drug-likeness (QED) is 0.105. The zero-order valence-electron chi connectivity index (χ0n) is 23.5. The summed E-state index contributed by atoms with van der Waals surface area (Å²) in [6, 6.07) is 31.7. The van der Waals surface area contributed by atoms with E-state index in [-0.39, 0.29) is 18.1 Å². The topological polar surface area (TPSA) is 95.9 Å². The van der Waals surface area contributed by atoms with Gasteiger partial charge in [0.1, 0.15) is 11.8 Å². The lowest BCUT2D eigenvalue weighted by Crippen LogP contribution is -2.32. The number of nitrogens with zero attached hydrogens (tertiary/aromatic N) is 1. The number of rotatable bonds is 14. The SMILES string of the molecule is CC=CC(=O)N(CCCOc1ccc(C[C@H](Nc2ccccc2C(=O)c2ccccc2)C(=O)O)cc1)c1ccccc1. The second-order valence-corrected chi connectivity index (χ2v) is 9.65.